The molecule has 7 heteroatoms. The molecule has 0 saturated heterocycles. The summed E-state index contributed by atoms with van der Waals surface area (Å²) >= 11 is 0. The van der Waals surface area contributed by atoms with Crippen LogP contribution in [0.4, 0.5) is 13.2 Å². The maximum atomic E-state index is 13.2. The number of benzene rings is 6. The monoisotopic (exact) mass is 614 g/mol. The summed E-state index contributed by atoms with van der Waals surface area (Å²) in [7, 11) is -2.41. The van der Waals surface area contributed by atoms with Gasteiger partial charge < -0.3 is 4.57 Å². The molecular weight excluding hydrogens is 588 g/mol. The Bertz CT molecular complexity index is 2530. The molecule has 0 spiro atoms. The summed E-state index contributed by atoms with van der Waals surface area (Å²) in [4.78, 5) is 5.04. The van der Waals surface area contributed by atoms with E-state index in [1.807, 2.05) is 48.5 Å². The lowest BCUT2D eigenvalue weighted by Gasteiger charge is -2.13. The van der Waals surface area contributed by atoms with Crippen molar-refractivity contribution in [3.8, 4) is 22.3 Å². The zero-order valence-corrected chi connectivity index (χ0v) is 25.3. The maximum absolute atomic E-state index is 13.2. The third-order valence-electron chi connectivity index (χ3n) is 8.68. The molecule has 0 N–H and O–H groups in total. The van der Waals surface area contributed by atoms with E-state index in [4.69, 9.17) is 4.98 Å². The van der Waals surface area contributed by atoms with E-state index in [2.05, 4.69) is 52.9 Å². The van der Waals surface area contributed by atoms with Crippen LogP contribution < -0.4 is 5.30 Å². The molecule has 8 rings (SSSR count). The van der Waals surface area contributed by atoms with Gasteiger partial charge in [0.05, 0.1) is 22.1 Å². The largest absolute Gasteiger partial charge is 0.416 e. The van der Waals surface area contributed by atoms with Crippen molar-refractivity contribution in [2.45, 2.75) is 6.18 Å². The highest BCUT2D eigenvalue weighted by atomic mass is 31.2. The Morgan fingerprint density at radius 3 is 1.98 bits per heavy atom. The van der Waals surface area contributed by atoms with Crippen molar-refractivity contribution in [1.82, 2.24) is 9.38 Å². The molecule has 45 heavy (non-hydrogen) atoms. The van der Waals surface area contributed by atoms with Crippen LogP contribution in [0.5, 0.6) is 0 Å². The van der Waals surface area contributed by atoms with Crippen molar-refractivity contribution in [2.75, 3.05) is 13.3 Å². The molecule has 0 saturated carbocycles. The second-order valence-electron chi connectivity index (χ2n) is 11.9. The molecule has 6 aromatic carbocycles. The van der Waals surface area contributed by atoms with Crippen LogP contribution in [0, 0.1) is 0 Å². The van der Waals surface area contributed by atoms with Gasteiger partial charge in [-0.3, -0.25) is 4.40 Å². The highest BCUT2D eigenvalue weighted by Crippen LogP contribution is 2.38. The first kappa shape index (κ1) is 27.6. The summed E-state index contributed by atoms with van der Waals surface area (Å²) in [5, 5.41) is 6.16. The van der Waals surface area contributed by atoms with Gasteiger partial charge in [-0.25, -0.2) is 4.98 Å². The Hall–Kier alpha value is -4.93. The molecule has 0 radical (unpaired) electrons. The number of pyridine rings is 1. The molecule has 0 aliphatic heterocycles. The van der Waals surface area contributed by atoms with E-state index in [1.54, 1.807) is 13.3 Å². The Kier molecular flexibility index (Phi) is 6.00. The fraction of sp³-hybridized carbons (Fsp3) is 0.0789. The average Bonchev–Trinajstić information content (AvgIpc) is 3.43. The molecule has 0 aliphatic rings. The zero-order valence-electron chi connectivity index (χ0n) is 24.4. The van der Waals surface area contributed by atoms with Crippen LogP contribution in [-0.4, -0.2) is 22.7 Å². The van der Waals surface area contributed by atoms with Crippen LogP contribution in [0.25, 0.3) is 71.4 Å². The van der Waals surface area contributed by atoms with Crippen molar-refractivity contribution < 1.29 is 17.7 Å². The predicted octanol–water partition coefficient (Wildman–Crippen LogP) is 10.5. The average molecular weight is 615 g/mol. The minimum absolute atomic E-state index is 0.671. The summed E-state index contributed by atoms with van der Waals surface area (Å²) in [5.41, 5.74) is 6.39. The lowest BCUT2D eigenvalue weighted by atomic mass is 9.98. The summed E-state index contributed by atoms with van der Waals surface area (Å²) in [5.74, 6) is 0. The third-order valence-corrected chi connectivity index (χ3v) is 10.2. The van der Waals surface area contributed by atoms with Gasteiger partial charge in [-0.1, -0.05) is 78.9 Å². The minimum Gasteiger partial charge on any atom is -0.319 e. The summed E-state index contributed by atoms with van der Waals surface area (Å²) in [6.07, 6.45) is -4.39. The number of hydrogen-bond acceptors (Lipinski definition) is 2. The van der Waals surface area contributed by atoms with E-state index in [0.29, 0.717) is 5.56 Å². The highest BCUT2D eigenvalue weighted by Gasteiger charge is 2.30. The van der Waals surface area contributed by atoms with E-state index < -0.39 is 18.9 Å². The van der Waals surface area contributed by atoms with Gasteiger partial charge in [0, 0.05) is 16.1 Å². The quantitative estimate of drug-likeness (QED) is 0.147. The smallest absolute Gasteiger partial charge is 0.319 e. The standard InChI is InChI=1S/C38H26F3N2OP/c1-45(2,44)30-16-11-24-7-8-25(19-28(24)20-30)27-12-17-32-31-5-3-4-6-33(31)37-42-34-18-13-26(22-36(34)43(37)35(32)21-27)23-9-14-29(15-10-23)38(39,40)41/h3-22H,1-2H3. The lowest BCUT2D eigenvalue weighted by molar-refractivity contribution is -0.137. The van der Waals surface area contributed by atoms with Crippen molar-refractivity contribution in [3.63, 3.8) is 0 Å². The number of rotatable bonds is 3. The molecule has 2 aromatic heterocycles. The van der Waals surface area contributed by atoms with Crippen molar-refractivity contribution in [1.29, 1.82) is 0 Å². The van der Waals surface area contributed by atoms with Gasteiger partial charge in [-0.15, -0.1) is 0 Å². The van der Waals surface area contributed by atoms with Crippen molar-refractivity contribution in [2.24, 2.45) is 0 Å². The molecular formula is C38H26F3N2OP. The van der Waals surface area contributed by atoms with Crippen LogP contribution in [0.3, 0.4) is 0 Å². The number of imidazole rings is 1. The SMILES string of the molecule is CP(C)(=O)c1ccc2ccc(-c3ccc4c5ccccc5c5nc6ccc(-c7ccc(C(F)(F)F)cc7)cc6n5c4c3)cc2c1. The molecule has 8 aromatic rings. The number of fused-ring (bicyclic) bond motifs is 9. The molecule has 220 valence electrons. The first-order chi connectivity index (χ1) is 21.5. The van der Waals surface area contributed by atoms with E-state index in [0.717, 1.165) is 83.3 Å². The van der Waals surface area contributed by atoms with Gasteiger partial charge in [0.1, 0.15) is 12.8 Å². The molecule has 0 fully saturated rings. The molecule has 0 unspecified atom stereocenters. The van der Waals surface area contributed by atoms with Gasteiger partial charge in [0.2, 0.25) is 0 Å². The second kappa shape index (κ2) is 9.79. The first-order valence-corrected chi connectivity index (χ1v) is 17.2. The number of aromatic nitrogens is 2. The van der Waals surface area contributed by atoms with Crippen LogP contribution in [-0.2, 0) is 10.7 Å². The third kappa shape index (κ3) is 4.60. The molecule has 0 atom stereocenters. The van der Waals surface area contributed by atoms with Gasteiger partial charge in [0.15, 0.2) is 0 Å². The Morgan fingerprint density at radius 2 is 1.22 bits per heavy atom. The van der Waals surface area contributed by atoms with Gasteiger partial charge in [0.25, 0.3) is 0 Å². The van der Waals surface area contributed by atoms with Gasteiger partial charge >= 0.3 is 6.18 Å². The van der Waals surface area contributed by atoms with Crippen molar-refractivity contribution >= 4 is 61.6 Å². The van der Waals surface area contributed by atoms with Crippen LogP contribution >= 0.6 is 7.14 Å². The van der Waals surface area contributed by atoms with Gasteiger partial charge in [-0.2, -0.15) is 13.2 Å². The maximum Gasteiger partial charge on any atom is 0.416 e. The lowest BCUT2D eigenvalue weighted by Crippen LogP contribution is -2.03. The second-order valence-corrected chi connectivity index (χ2v) is 15.1. The number of hydrogen-bond donors (Lipinski definition) is 0. The summed E-state index contributed by atoms with van der Waals surface area (Å²) in [6.45, 7) is 3.57. The Morgan fingerprint density at radius 1 is 0.600 bits per heavy atom. The van der Waals surface area contributed by atoms with Crippen LogP contribution in [0.15, 0.2) is 121 Å². The number of halogens is 3. The van der Waals surface area contributed by atoms with Gasteiger partial charge in [-0.05, 0) is 94.2 Å². The Balaban J connectivity index is 1.37. The van der Waals surface area contributed by atoms with E-state index >= 15 is 0 Å². The fourth-order valence-electron chi connectivity index (χ4n) is 6.32. The Labute approximate surface area is 256 Å². The summed E-state index contributed by atoms with van der Waals surface area (Å²) < 4.78 is 54.6. The van der Waals surface area contributed by atoms with Crippen molar-refractivity contribution in [3.05, 3.63) is 127 Å². The minimum atomic E-state index is -4.39. The number of nitrogens with zero attached hydrogens (tertiary/aromatic N) is 2. The van der Waals surface area contributed by atoms with E-state index in [1.165, 1.54) is 12.1 Å². The predicted molar refractivity (Wildman–Crippen MR) is 180 cm³/mol. The van der Waals surface area contributed by atoms with Crippen LogP contribution in [0.1, 0.15) is 5.56 Å². The highest BCUT2D eigenvalue weighted by molar-refractivity contribution is 7.70. The summed E-state index contributed by atoms with van der Waals surface area (Å²) in [6, 6.07) is 38.1. The molecule has 3 nitrogen and oxygen atoms in total. The molecule has 0 bridgehead atoms. The first-order valence-electron chi connectivity index (χ1n) is 14.6. The molecule has 2 heterocycles. The van der Waals surface area contributed by atoms with E-state index in [-0.39, 0.29) is 0 Å². The zero-order chi connectivity index (χ0) is 31.1. The molecule has 0 amide bonds. The number of alkyl halides is 3. The topological polar surface area (TPSA) is 34.4 Å². The fourth-order valence-corrected chi connectivity index (χ4v) is 7.20. The van der Waals surface area contributed by atoms with E-state index in [9.17, 15) is 17.7 Å². The van der Waals surface area contributed by atoms with Crippen LogP contribution in [0.2, 0.25) is 0 Å². The normalized spacial score (nSPS) is 12.6. The molecule has 0 aliphatic carbocycles.